The van der Waals surface area contributed by atoms with E-state index in [-0.39, 0.29) is 6.10 Å². The van der Waals surface area contributed by atoms with Crippen LogP contribution in [0.15, 0.2) is 29.9 Å². The van der Waals surface area contributed by atoms with Gasteiger partial charge in [0, 0.05) is 30.2 Å². The van der Waals surface area contributed by atoms with E-state index in [0.29, 0.717) is 5.92 Å². The second-order valence-electron chi connectivity index (χ2n) is 4.67. The normalized spacial score (nSPS) is 12.4. The molecular formula is C14H19N3OS. The SMILES string of the molecule is CC(C)Oc1cccnc1NCC(C)c1nccs1. The minimum atomic E-state index is 0.140. The molecule has 0 amide bonds. The standard InChI is InChI=1S/C14H19N3OS/c1-10(2)18-12-5-4-6-15-13(12)17-9-11(3)14-16-7-8-19-14/h4-8,10-11H,9H2,1-3H3,(H,15,17). The third kappa shape index (κ3) is 3.92. The second kappa shape index (κ2) is 6.52. The molecule has 0 aliphatic rings. The highest BCUT2D eigenvalue weighted by Crippen LogP contribution is 2.24. The molecule has 0 bridgehead atoms. The number of anilines is 1. The summed E-state index contributed by atoms with van der Waals surface area (Å²) < 4.78 is 5.73. The number of hydrogen-bond acceptors (Lipinski definition) is 5. The van der Waals surface area contributed by atoms with E-state index < -0.39 is 0 Å². The molecular weight excluding hydrogens is 258 g/mol. The monoisotopic (exact) mass is 277 g/mol. The highest BCUT2D eigenvalue weighted by atomic mass is 32.1. The Morgan fingerprint density at radius 1 is 1.26 bits per heavy atom. The molecule has 5 heteroatoms. The van der Waals surface area contributed by atoms with Crippen LogP contribution in [0.4, 0.5) is 5.82 Å². The van der Waals surface area contributed by atoms with Crippen molar-refractivity contribution in [2.75, 3.05) is 11.9 Å². The Hall–Kier alpha value is -1.62. The fraction of sp³-hybridized carbons (Fsp3) is 0.429. The molecule has 0 aliphatic heterocycles. The van der Waals surface area contributed by atoms with Crippen LogP contribution in [-0.4, -0.2) is 22.6 Å². The number of pyridine rings is 1. The topological polar surface area (TPSA) is 47.0 Å². The summed E-state index contributed by atoms with van der Waals surface area (Å²) >= 11 is 1.68. The Morgan fingerprint density at radius 2 is 2.11 bits per heavy atom. The lowest BCUT2D eigenvalue weighted by Crippen LogP contribution is -2.13. The van der Waals surface area contributed by atoms with Gasteiger partial charge < -0.3 is 10.1 Å². The van der Waals surface area contributed by atoms with Gasteiger partial charge in [-0.15, -0.1) is 11.3 Å². The van der Waals surface area contributed by atoms with Gasteiger partial charge in [-0.25, -0.2) is 9.97 Å². The van der Waals surface area contributed by atoms with Crippen molar-refractivity contribution in [1.82, 2.24) is 9.97 Å². The zero-order valence-corrected chi connectivity index (χ0v) is 12.3. The van der Waals surface area contributed by atoms with E-state index >= 15 is 0 Å². The van der Waals surface area contributed by atoms with Crippen molar-refractivity contribution < 1.29 is 4.74 Å². The molecule has 4 nitrogen and oxygen atoms in total. The van der Waals surface area contributed by atoms with Crippen molar-refractivity contribution in [3.05, 3.63) is 34.9 Å². The van der Waals surface area contributed by atoms with Gasteiger partial charge in [0.2, 0.25) is 0 Å². The fourth-order valence-electron chi connectivity index (χ4n) is 1.69. The van der Waals surface area contributed by atoms with Gasteiger partial charge in [-0.3, -0.25) is 0 Å². The van der Waals surface area contributed by atoms with Crippen LogP contribution in [-0.2, 0) is 0 Å². The largest absolute Gasteiger partial charge is 0.487 e. The molecule has 0 radical (unpaired) electrons. The minimum Gasteiger partial charge on any atom is -0.487 e. The lowest BCUT2D eigenvalue weighted by atomic mass is 10.2. The Bertz CT molecular complexity index is 499. The molecule has 1 atom stereocenters. The summed E-state index contributed by atoms with van der Waals surface area (Å²) in [6, 6.07) is 3.82. The van der Waals surface area contributed by atoms with Crippen LogP contribution in [0.2, 0.25) is 0 Å². The highest BCUT2D eigenvalue weighted by molar-refractivity contribution is 7.09. The van der Waals surface area contributed by atoms with Crippen molar-refractivity contribution in [2.45, 2.75) is 32.8 Å². The summed E-state index contributed by atoms with van der Waals surface area (Å²) in [6.07, 6.45) is 3.75. The van der Waals surface area contributed by atoms with Crippen molar-refractivity contribution in [1.29, 1.82) is 0 Å². The number of thiazole rings is 1. The first-order valence-electron chi connectivity index (χ1n) is 6.41. The molecule has 0 spiro atoms. The molecule has 0 fully saturated rings. The smallest absolute Gasteiger partial charge is 0.168 e. The first-order chi connectivity index (χ1) is 9.16. The maximum atomic E-state index is 5.73. The maximum Gasteiger partial charge on any atom is 0.168 e. The Morgan fingerprint density at radius 3 is 2.79 bits per heavy atom. The van der Waals surface area contributed by atoms with Crippen LogP contribution in [0.25, 0.3) is 0 Å². The number of ether oxygens (including phenoxy) is 1. The first-order valence-corrected chi connectivity index (χ1v) is 7.29. The molecule has 0 saturated heterocycles. The molecule has 19 heavy (non-hydrogen) atoms. The lowest BCUT2D eigenvalue weighted by Gasteiger charge is -2.16. The van der Waals surface area contributed by atoms with Crippen LogP contribution >= 0.6 is 11.3 Å². The van der Waals surface area contributed by atoms with Gasteiger partial charge in [-0.05, 0) is 26.0 Å². The Labute approximate surface area is 117 Å². The summed E-state index contributed by atoms with van der Waals surface area (Å²) in [5, 5.41) is 6.47. The summed E-state index contributed by atoms with van der Waals surface area (Å²) in [5.41, 5.74) is 0. The summed E-state index contributed by atoms with van der Waals surface area (Å²) in [6.45, 7) is 6.96. The number of hydrogen-bond donors (Lipinski definition) is 1. The Balaban J connectivity index is 1.99. The third-order valence-electron chi connectivity index (χ3n) is 2.58. The zero-order chi connectivity index (χ0) is 13.7. The van der Waals surface area contributed by atoms with E-state index in [1.165, 1.54) is 0 Å². The van der Waals surface area contributed by atoms with Gasteiger partial charge in [0.1, 0.15) is 0 Å². The molecule has 1 N–H and O–H groups in total. The van der Waals surface area contributed by atoms with Crippen LogP contribution in [0.5, 0.6) is 5.75 Å². The number of aromatic nitrogens is 2. The van der Waals surface area contributed by atoms with Gasteiger partial charge >= 0.3 is 0 Å². The van der Waals surface area contributed by atoms with Gasteiger partial charge in [0.15, 0.2) is 11.6 Å². The van der Waals surface area contributed by atoms with E-state index in [1.807, 2.05) is 37.6 Å². The summed E-state index contributed by atoms with van der Waals surface area (Å²) in [5.74, 6) is 1.94. The lowest BCUT2D eigenvalue weighted by molar-refractivity contribution is 0.243. The quantitative estimate of drug-likeness (QED) is 0.877. The van der Waals surface area contributed by atoms with Gasteiger partial charge in [0.25, 0.3) is 0 Å². The number of nitrogens with zero attached hydrogens (tertiary/aromatic N) is 2. The predicted molar refractivity (Wildman–Crippen MR) is 79.0 cm³/mol. The van der Waals surface area contributed by atoms with Crippen molar-refractivity contribution in [3.8, 4) is 5.75 Å². The zero-order valence-electron chi connectivity index (χ0n) is 11.5. The molecule has 2 rings (SSSR count). The van der Waals surface area contributed by atoms with Crippen molar-refractivity contribution in [2.24, 2.45) is 0 Å². The molecule has 2 heterocycles. The van der Waals surface area contributed by atoms with Crippen LogP contribution in [0, 0.1) is 0 Å². The molecule has 1 unspecified atom stereocenters. The molecule has 102 valence electrons. The number of rotatable bonds is 6. The second-order valence-corrected chi connectivity index (χ2v) is 5.60. The molecule has 2 aromatic rings. The first kappa shape index (κ1) is 13.8. The molecule has 2 aromatic heterocycles. The summed E-state index contributed by atoms with van der Waals surface area (Å²) in [7, 11) is 0. The van der Waals surface area contributed by atoms with Crippen molar-refractivity contribution >= 4 is 17.2 Å². The van der Waals surface area contributed by atoms with Crippen LogP contribution < -0.4 is 10.1 Å². The minimum absolute atomic E-state index is 0.140. The van der Waals surface area contributed by atoms with E-state index in [0.717, 1.165) is 23.1 Å². The van der Waals surface area contributed by atoms with Gasteiger partial charge in [-0.2, -0.15) is 0 Å². The number of nitrogens with one attached hydrogen (secondary N) is 1. The van der Waals surface area contributed by atoms with Crippen molar-refractivity contribution in [3.63, 3.8) is 0 Å². The average molecular weight is 277 g/mol. The van der Waals surface area contributed by atoms with Crippen LogP contribution in [0.3, 0.4) is 0 Å². The van der Waals surface area contributed by atoms with Crippen LogP contribution in [0.1, 0.15) is 31.7 Å². The highest BCUT2D eigenvalue weighted by Gasteiger charge is 2.11. The maximum absolute atomic E-state index is 5.73. The average Bonchev–Trinajstić information content (AvgIpc) is 2.90. The third-order valence-corrected chi connectivity index (χ3v) is 3.59. The Kier molecular flexibility index (Phi) is 4.74. The molecule has 0 aromatic carbocycles. The van der Waals surface area contributed by atoms with Gasteiger partial charge in [-0.1, -0.05) is 6.92 Å². The predicted octanol–water partition coefficient (Wildman–Crippen LogP) is 3.54. The van der Waals surface area contributed by atoms with E-state index in [9.17, 15) is 0 Å². The van der Waals surface area contributed by atoms with E-state index in [4.69, 9.17) is 4.74 Å². The fourth-order valence-corrected chi connectivity index (χ4v) is 2.39. The summed E-state index contributed by atoms with van der Waals surface area (Å²) in [4.78, 5) is 8.66. The molecule has 0 saturated carbocycles. The molecule has 0 aliphatic carbocycles. The van der Waals surface area contributed by atoms with Gasteiger partial charge in [0.05, 0.1) is 11.1 Å². The van der Waals surface area contributed by atoms with E-state index in [2.05, 4.69) is 22.2 Å². The van der Waals surface area contributed by atoms with E-state index in [1.54, 1.807) is 17.5 Å².